The number of halogens is 1. The molecule has 0 amide bonds. The van der Waals surface area contributed by atoms with Crippen LogP contribution in [0, 0.1) is 26.6 Å². The van der Waals surface area contributed by atoms with Crippen molar-refractivity contribution in [3.63, 3.8) is 0 Å². The van der Waals surface area contributed by atoms with Crippen molar-refractivity contribution < 1.29 is 4.39 Å². The Morgan fingerprint density at radius 3 is 2.38 bits per heavy atom. The summed E-state index contributed by atoms with van der Waals surface area (Å²) in [7, 11) is 0. The van der Waals surface area contributed by atoms with E-state index in [2.05, 4.69) is 21.4 Å². The molecule has 1 heterocycles. The number of aryl methyl sites for hydroxylation is 3. The van der Waals surface area contributed by atoms with Gasteiger partial charge < -0.3 is 5.32 Å². The lowest BCUT2D eigenvalue weighted by Crippen LogP contribution is -2.15. The van der Waals surface area contributed by atoms with Gasteiger partial charge in [-0.05, 0) is 61.7 Å². The first-order valence-corrected chi connectivity index (χ1v) is 7.64. The zero-order valence-corrected chi connectivity index (χ0v) is 13.8. The lowest BCUT2D eigenvalue weighted by Gasteiger charge is -2.10. The molecule has 3 rings (SSSR count). The quantitative estimate of drug-likeness (QED) is 0.758. The molecule has 5 heteroatoms. The Balaban J connectivity index is 1.99. The van der Waals surface area contributed by atoms with Gasteiger partial charge >= 0.3 is 0 Å². The summed E-state index contributed by atoms with van der Waals surface area (Å²) in [6.07, 6.45) is 0. The summed E-state index contributed by atoms with van der Waals surface area (Å²) in [6.45, 7) is 5.75. The van der Waals surface area contributed by atoms with Gasteiger partial charge in [-0.15, -0.1) is 0 Å². The van der Waals surface area contributed by atoms with Gasteiger partial charge in [0.2, 0.25) is 5.95 Å². The molecule has 24 heavy (non-hydrogen) atoms. The first kappa shape index (κ1) is 15.9. The number of benzene rings is 2. The number of hydrogen-bond acceptors (Lipinski definition) is 3. The topological polar surface area (TPSA) is 57.8 Å². The predicted molar refractivity (Wildman–Crippen MR) is 94.2 cm³/mol. The summed E-state index contributed by atoms with van der Waals surface area (Å²) < 4.78 is 13.4. The number of rotatable bonds is 3. The molecule has 0 saturated carbocycles. The molecule has 2 aromatic carbocycles. The average Bonchev–Trinajstić information content (AvgIpc) is 2.45. The molecule has 0 atom stereocenters. The van der Waals surface area contributed by atoms with Crippen molar-refractivity contribution >= 4 is 11.6 Å². The Morgan fingerprint density at radius 2 is 1.75 bits per heavy atom. The summed E-state index contributed by atoms with van der Waals surface area (Å²) in [6, 6.07) is 12.0. The molecule has 122 valence electrons. The van der Waals surface area contributed by atoms with E-state index in [9.17, 15) is 9.18 Å². The van der Waals surface area contributed by atoms with Gasteiger partial charge in [-0.2, -0.15) is 0 Å². The minimum atomic E-state index is -0.385. The second-order valence-corrected chi connectivity index (χ2v) is 5.89. The summed E-state index contributed by atoms with van der Waals surface area (Å²) in [4.78, 5) is 19.6. The van der Waals surface area contributed by atoms with Gasteiger partial charge in [0, 0.05) is 5.69 Å². The zero-order valence-electron chi connectivity index (χ0n) is 13.8. The molecule has 0 aliphatic heterocycles. The van der Waals surface area contributed by atoms with Crippen molar-refractivity contribution in [3.8, 4) is 11.1 Å². The third-order valence-corrected chi connectivity index (χ3v) is 3.70. The maximum absolute atomic E-state index is 13.4. The maximum atomic E-state index is 13.4. The molecule has 0 spiro atoms. The molecule has 3 aromatic rings. The normalized spacial score (nSPS) is 10.7. The number of hydrogen-bond donors (Lipinski definition) is 2. The number of H-pyrrole nitrogens is 1. The van der Waals surface area contributed by atoms with E-state index in [0.29, 0.717) is 22.8 Å². The van der Waals surface area contributed by atoms with Crippen LogP contribution < -0.4 is 10.9 Å². The number of nitrogens with one attached hydrogen (secondary N) is 2. The number of anilines is 2. The fraction of sp³-hybridized carbons (Fsp3) is 0.158. The smallest absolute Gasteiger partial charge is 0.260 e. The molecular formula is C19H18FN3O. The van der Waals surface area contributed by atoms with Gasteiger partial charge in [-0.3, -0.25) is 9.78 Å². The summed E-state index contributed by atoms with van der Waals surface area (Å²) in [5.74, 6) is -0.0219. The monoisotopic (exact) mass is 323 g/mol. The largest absolute Gasteiger partial charge is 0.326 e. The fourth-order valence-corrected chi connectivity index (χ4v) is 2.81. The van der Waals surface area contributed by atoms with Crippen LogP contribution in [-0.2, 0) is 0 Å². The van der Waals surface area contributed by atoms with Crippen molar-refractivity contribution in [2.24, 2.45) is 0 Å². The van der Waals surface area contributed by atoms with Crippen LogP contribution in [0.4, 0.5) is 16.0 Å². The highest BCUT2D eigenvalue weighted by Crippen LogP contribution is 2.21. The highest BCUT2D eigenvalue weighted by atomic mass is 19.1. The average molecular weight is 323 g/mol. The minimum absolute atomic E-state index is 0.306. The standard InChI is InChI=1S/C19H18FN3O/c1-11-7-12(2)9-16(8-11)22-19-21-13(3)17(18(24)23-19)14-5-4-6-15(20)10-14/h4-10H,1-3H3,(H2,21,22,23,24). The van der Waals surface area contributed by atoms with Crippen LogP contribution in [0.5, 0.6) is 0 Å². The van der Waals surface area contributed by atoms with Crippen LogP contribution >= 0.6 is 0 Å². The molecular weight excluding hydrogens is 305 g/mol. The Kier molecular flexibility index (Phi) is 4.16. The molecule has 0 unspecified atom stereocenters. The van der Waals surface area contributed by atoms with Crippen LogP contribution in [0.3, 0.4) is 0 Å². The molecule has 0 radical (unpaired) electrons. The van der Waals surface area contributed by atoms with E-state index in [1.54, 1.807) is 19.1 Å². The van der Waals surface area contributed by atoms with Crippen molar-refractivity contribution in [3.05, 3.63) is 75.5 Å². The molecule has 0 aliphatic carbocycles. The van der Waals surface area contributed by atoms with E-state index in [4.69, 9.17) is 0 Å². The van der Waals surface area contributed by atoms with E-state index in [1.807, 2.05) is 26.0 Å². The van der Waals surface area contributed by atoms with Crippen molar-refractivity contribution in [2.45, 2.75) is 20.8 Å². The van der Waals surface area contributed by atoms with Crippen LogP contribution in [0.1, 0.15) is 16.8 Å². The second-order valence-electron chi connectivity index (χ2n) is 5.89. The molecule has 1 aromatic heterocycles. The van der Waals surface area contributed by atoms with Gasteiger partial charge in [0.25, 0.3) is 5.56 Å². The summed E-state index contributed by atoms with van der Waals surface area (Å²) in [5.41, 5.74) is 4.21. The number of aromatic nitrogens is 2. The van der Waals surface area contributed by atoms with Gasteiger partial charge in [0.1, 0.15) is 5.82 Å². The highest BCUT2D eigenvalue weighted by molar-refractivity contribution is 5.66. The lowest BCUT2D eigenvalue weighted by atomic mass is 10.1. The Bertz CT molecular complexity index is 943. The van der Waals surface area contributed by atoms with E-state index < -0.39 is 0 Å². The van der Waals surface area contributed by atoms with Gasteiger partial charge in [-0.1, -0.05) is 18.2 Å². The predicted octanol–water partition coefficient (Wildman–Crippen LogP) is 4.24. The fourth-order valence-electron chi connectivity index (χ4n) is 2.81. The Labute approximate surface area is 139 Å². The summed E-state index contributed by atoms with van der Waals surface area (Å²) in [5, 5.41) is 3.12. The van der Waals surface area contributed by atoms with E-state index in [0.717, 1.165) is 16.8 Å². The molecule has 4 nitrogen and oxygen atoms in total. The first-order valence-electron chi connectivity index (χ1n) is 7.64. The van der Waals surface area contributed by atoms with Crippen LogP contribution in [0.15, 0.2) is 47.3 Å². The van der Waals surface area contributed by atoms with E-state index in [1.165, 1.54) is 12.1 Å². The summed E-state index contributed by atoms with van der Waals surface area (Å²) >= 11 is 0. The molecule has 0 saturated heterocycles. The number of nitrogens with zero attached hydrogens (tertiary/aromatic N) is 1. The third-order valence-electron chi connectivity index (χ3n) is 3.70. The first-order chi connectivity index (χ1) is 11.4. The van der Waals surface area contributed by atoms with Crippen molar-refractivity contribution in [1.82, 2.24) is 9.97 Å². The van der Waals surface area contributed by atoms with Gasteiger partial charge in [0.05, 0.1) is 11.3 Å². The maximum Gasteiger partial charge on any atom is 0.260 e. The van der Waals surface area contributed by atoms with Gasteiger partial charge in [0.15, 0.2) is 0 Å². The highest BCUT2D eigenvalue weighted by Gasteiger charge is 2.11. The van der Waals surface area contributed by atoms with E-state index in [-0.39, 0.29) is 11.4 Å². The second kappa shape index (κ2) is 6.28. The van der Waals surface area contributed by atoms with E-state index >= 15 is 0 Å². The molecule has 0 fully saturated rings. The molecule has 0 aliphatic rings. The third kappa shape index (κ3) is 3.35. The zero-order chi connectivity index (χ0) is 17.3. The Hall–Kier alpha value is -2.95. The molecule has 0 bridgehead atoms. The number of aromatic amines is 1. The van der Waals surface area contributed by atoms with Crippen molar-refractivity contribution in [2.75, 3.05) is 5.32 Å². The van der Waals surface area contributed by atoms with Gasteiger partial charge in [-0.25, -0.2) is 9.37 Å². The van der Waals surface area contributed by atoms with Crippen LogP contribution in [0.2, 0.25) is 0 Å². The van der Waals surface area contributed by atoms with Crippen LogP contribution in [0.25, 0.3) is 11.1 Å². The minimum Gasteiger partial charge on any atom is -0.326 e. The lowest BCUT2D eigenvalue weighted by molar-refractivity contribution is 0.628. The van der Waals surface area contributed by atoms with Crippen LogP contribution in [-0.4, -0.2) is 9.97 Å². The SMILES string of the molecule is Cc1cc(C)cc(Nc2nc(C)c(-c3cccc(F)c3)c(=O)[nH]2)c1. The van der Waals surface area contributed by atoms with Crippen molar-refractivity contribution in [1.29, 1.82) is 0 Å². The Morgan fingerprint density at radius 1 is 1.04 bits per heavy atom. The molecule has 2 N–H and O–H groups in total.